The Morgan fingerprint density at radius 2 is 1.58 bits per heavy atom. The molecule has 0 spiro atoms. The van der Waals surface area contributed by atoms with Crippen molar-refractivity contribution in [3.8, 4) is 5.75 Å². The van der Waals surface area contributed by atoms with Gasteiger partial charge in [0.25, 0.3) is 0 Å². The summed E-state index contributed by atoms with van der Waals surface area (Å²) in [7, 11) is -0.715. The lowest BCUT2D eigenvalue weighted by atomic mass is 10.1. The normalized spacial score (nSPS) is 11.6. The molecule has 0 N–H and O–H groups in total. The van der Waals surface area contributed by atoms with Crippen molar-refractivity contribution in [3.63, 3.8) is 0 Å². The minimum atomic E-state index is -3.60. The number of sulfonamides is 1. The van der Waals surface area contributed by atoms with Crippen molar-refractivity contribution in [1.82, 2.24) is 4.31 Å². The number of aryl methyl sites for hydroxylation is 3. The van der Waals surface area contributed by atoms with E-state index in [4.69, 9.17) is 4.74 Å². The largest absolute Gasteiger partial charge is 0.422 e. The van der Waals surface area contributed by atoms with Crippen molar-refractivity contribution in [1.29, 1.82) is 0 Å². The summed E-state index contributed by atoms with van der Waals surface area (Å²) in [5.74, 6) is -0.0765. The van der Waals surface area contributed by atoms with Gasteiger partial charge in [-0.05, 0) is 50.1 Å². The summed E-state index contributed by atoms with van der Waals surface area (Å²) in [6, 6.07) is 9.72. The smallest absolute Gasteiger partial charge is 0.343 e. The van der Waals surface area contributed by atoms with Crippen LogP contribution in [0.1, 0.15) is 27.0 Å². The van der Waals surface area contributed by atoms with Gasteiger partial charge >= 0.3 is 5.97 Å². The number of carbonyl (C=O) groups is 1. The topological polar surface area (TPSA) is 63.7 Å². The second-order valence-corrected chi connectivity index (χ2v) is 8.08. The van der Waals surface area contributed by atoms with Gasteiger partial charge in [-0.3, -0.25) is 0 Å². The van der Waals surface area contributed by atoms with E-state index in [1.54, 1.807) is 0 Å². The first kappa shape index (κ1) is 18.2. The van der Waals surface area contributed by atoms with E-state index in [1.165, 1.54) is 38.4 Å². The van der Waals surface area contributed by atoms with Gasteiger partial charge in [0.15, 0.2) is 0 Å². The van der Waals surface area contributed by atoms with E-state index in [2.05, 4.69) is 0 Å². The molecule has 0 heterocycles. The highest BCUT2D eigenvalue weighted by Gasteiger charge is 2.20. The Morgan fingerprint density at radius 3 is 2.12 bits per heavy atom. The minimum Gasteiger partial charge on any atom is -0.422 e. The Hall–Kier alpha value is -2.18. The Morgan fingerprint density at radius 1 is 1.00 bits per heavy atom. The summed E-state index contributed by atoms with van der Waals surface area (Å²) in [5, 5.41) is 0. The molecule has 0 aromatic heterocycles. The summed E-state index contributed by atoms with van der Waals surface area (Å²) in [5.41, 5.74) is 3.00. The van der Waals surface area contributed by atoms with Crippen LogP contribution in [0.15, 0.2) is 41.3 Å². The number of esters is 1. The lowest BCUT2D eigenvalue weighted by molar-refractivity contribution is 0.0732. The van der Waals surface area contributed by atoms with Gasteiger partial charge < -0.3 is 4.74 Å². The van der Waals surface area contributed by atoms with Crippen LogP contribution in [-0.2, 0) is 10.0 Å². The van der Waals surface area contributed by atoms with Crippen molar-refractivity contribution in [2.24, 2.45) is 0 Å². The van der Waals surface area contributed by atoms with Crippen molar-refractivity contribution >= 4 is 16.0 Å². The van der Waals surface area contributed by atoms with Crippen LogP contribution in [0.5, 0.6) is 5.75 Å². The molecule has 0 saturated carbocycles. The van der Waals surface area contributed by atoms with Crippen LogP contribution in [0.3, 0.4) is 0 Å². The number of hydrogen-bond donors (Lipinski definition) is 0. The average molecular weight is 347 g/mol. The van der Waals surface area contributed by atoms with Gasteiger partial charge in [0.2, 0.25) is 10.0 Å². The number of hydrogen-bond acceptors (Lipinski definition) is 4. The average Bonchev–Trinajstić information content (AvgIpc) is 2.50. The zero-order valence-electron chi connectivity index (χ0n) is 14.5. The van der Waals surface area contributed by atoms with Gasteiger partial charge in [-0.2, -0.15) is 0 Å². The molecule has 0 fully saturated rings. The molecule has 24 heavy (non-hydrogen) atoms. The van der Waals surface area contributed by atoms with Crippen molar-refractivity contribution in [2.45, 2.75) is 25.7 Å². The third kappa shape index (κ3) is 3.66. The maximum absolute atomic E-state index is 12.4. The monoisotopic (exact) mass is 347 g/mol. The summed E-state index contributed by atoms with van der Waals surface area (Å²) < 4.78 is 31.0. The van der Waals surface area contributed by atoms with Crippen LogP contribution >= 0.6 is 0 Å². The lowest BCUT2D eigenvalue weighted by Gasteiger charge is -2.13. The molecular formula is C18H21NO4S. The standard InChI is InChI=1S/C18H21NO4S/c1-12-9-13(2)17(14(3)10-12)23-18(20)15-7-6-8-16(11-15)24(21,22)19(4)5/h6-11H,1-5H3. The van der Waals surface area contributed by atoms with Crippen molar-refractivity contribution in [3.05, 3.63) is 58.7 Å². The van der Waals surface area contributed by atoms with E-state index >= 15 is 0 Å². The van der Waals surface area contributed by atoms with Gasteiger partial charge in [0.05, 0.1) is 10.5 Å². The van der Waals surface area contributed by atoms with Crippen molar-refractivity contribution in [2.75, 3.05) is 14.1 Å². The van der Waals surface area contributed by atoms with E-state index < -0.39 is 16.0 Å². The van der Waals surface area contributed by atoms with Gasteiger partial charge in [0, 0.05) is 14.1 Å². The molecule has 0 aliphatic heterocycles. The number of rotatable bonds is 4. The van der Waals surface area contributed by atoms with Gasteiger partial charge in [-0.15, -0.1) is 0 Å². The van der Waals surface area contributed by atoms with E-state index in [0.717, 1.165) is 21.0 Å². The third-order valence-electron chi connectivity index (χ3n) is 3.65. The van der Waals surface area contributed by atoms with Crippen LogP contribution in [0, 0.1) is 20.8 Å². The van der Waals surface area contributed by atoms with E-state index in [-0.39, 0.29) is 10.5 Å². The third-order valence-corrected chi connectivity index (χ3v) is 5.46. The molecule has 0 saturated heterocycles. The highest BCUT2D eigenvalue weighted by atomic mass is 32.2. The van der Waals surface area contributed by atoms with Gasteiger partial charge in [-0.25, -0.2) is 17.5 Å². The molecule has 0 atom stereocenters. The number of benzene rings is 2. The van der Waals surface area contributed by atoms with Crippen LogP contribution in [-0.4, -0.2) is 32.8 Å². The zero-order chi connectivity index (χ0) is 18.1. The molecule has 5 nitrogen and oxygen atoms in total. The molecule has 128 valence electrons. The highest BCUT2D eigenvalue weighted by Crippen LogP contribution is 2.26. The van der Waals surface area contributed by atoms with Gasteiger partial charge in [0.1, 0.15) is 5.75 Å². The van der Waals surface area contributed by atoms with Gasteiger partial charge in [-0.1, -0.05) is 23.8 Å². The fraction of sp³-hybridized carbons (Fsp3) is 0.278. The fourth-order valence-corrected chi connectivity index (χ4v) is 3.42. The Labute approximate surface area is 142 Å². The van der Waals surface area contributed by atoms with Crippen molar-refractivity contribution < 1.29 is 17.9 Å². The summed E-state index contributed by atoms with van der Waals surface area (Å²) in [4.78, 5) is 12.5. The molecule has 6 heteroatoms. The number of carbonyl (C=O) groups excluding carboxylic acids is 1. The summed E-state index contributed by atoms with van der Waals surface area (Å²) in [6.07, 6.45) is 0. The van der Waals surface area contributed by atoms with Crippen LogP contribution in [0.4, 0.5) is 0 Å². The number of nitrogens with zero attached hydrogens (tertiary/aromatic N) is 1. The predicted octanol–water partition coefficient (Wildman–Crippen LogP) is 3.08. The molecule has 0 bridgehead atoms. The first-order valence-corrected chi connectivity index (χ1v) is 8.89. The Balaban J connectivity index is 2.36. The quantitative estimate of drug-likeness (QED) is 0.630. The maximum atomic E-state index is 12.4. The molecule has 0 aliphatic carbocycles. The molecule has 2 aromatic carbocycles. The molecule has 0 amide bonds. The zero-order valence-corrected chi connectivity index (χ0v) is 15.3. The first-order valence-electron chi connectivity index (χ1n) is 7.45. The Bertz CT molecular complexity index is 863. The molecule has 0 aliphatic rings. The molecule has 2 rings (SSSR count). The van der Waals surface area contributed by atoms with E-state index in [0.29, 0.717) is 5.75 Å². The van der Waals surface area contributed by atoms with E-state index in [1.807, 2.05) is 32.9 Å². The minimum absolute atomic E-state index is 0.0549. The first-order chi connectivity index (χ1) is 11.1. The SMILES string of the molecule is Cc1cc(C)c(OC(=O)c2cccc(S(=O)(=O)N(C)C)c2)c(C)c1. The number of ether oxygens (including phenoxy) is 1. The maximum Gasteiger partial charge on any atom is 0.343 e. The lowest BCUT2D eigenvalue weighted by Crippen LogP contribution is -2.22. The predicted molar refractivity (Wildman–Crippen MR) is 92.9 cm³/mol. The second kappa shape index (κ2) is 6.75. The highest BCUT2D eigenvalue weighted by molar-refractivity contribution is 7.89. The Kier molecular flexibility index (Phi) is 5.11. The van der Waals surface area contributed by atoms with Crippen LogP contribution in [0.25, 0.3) is 0 Å². The van der Waals surface area contributed by atoms with E-state index in [9.17, 15) is 13.2 Å². The molecular weight excluding hydrogens is 326 g/mol. The summed E-state index contributed by atoms with van der Waals surface area (Å²) in [6.45, 7) is 5.71. The molecule has 2 aromatic rings. The van der Waals surface area contributed by atoms with Crippen LogP contribution < -0.4 is 4.74 Å². The molecule has 0 radical (unpaired) electrons. The van der Waals surface area contributed by atoms with Crippen LogP contribution in [0.2, 0.25) is 0 Å². The fourth-order valence-electron chi connectivity index (χ4n) is 2.47. The second-order valence-electron chi connectivity index (χ2n) is 5.93. The molecule has 0 unspecified atom stereocenters. The summed E-state index contributed by atoms with van der Waals surface area (Å²) >= 11 is 0.